The number of hydrogen-bond donors (Lipinski definition) is 2. The molecule has 1 heterocycles. The zero-order chi connectivity index (χ0) is 13.8. The van der Waals surface area contributed by atoms with Crippen LogP contribution in [-0.2, 0) is 14.3 Å². The highest BCUT2D eigenvalue weighted by molar-refractivity contribution is 7.80. The first-order chi connectivity index (χ1) is 9.08. The third-order valence-corrected chi connectivity index (χ3v) is 3.04. The summed E-state index contributed by atoms with van der Waals surface area (Å²) in [6, 6.07) is 7.15. The lowest BCUT2D eigenvalue weighted by atomic mass is 10.1. The number of nitrogens with one attached hydrogen (secondary N) is 1. The van der Waals surface area contributed by atoms with Crippen molar-refractivity contribution in [2.45, 2.75) is 19.1 Å². The second-order valence-electron chi connectivity index (χ2n) is 4.34. The summed E-state index contributed by atoms with van der Waals surface area (Å²) in [7, 11) is 0. The molecule has 2 rings (SSSR count). The van der Waals surface area contributed by atoms with Gasteiger partial charge in [-0.05, 0) is 19.1 Å². The first-order valence-electron chi connectivity index (χ1n) is 6.01. The highest BCUT2D eigenvalue weighted by atomic mass is 32.1. The molecular formula is C13H16N2O3S. The molecule has 6 heteroatoms. The number of hydrogen-bond acceptors (Lipinski definition) is 4. The SMILES string of the molecule is CC(OC1COC1)C(=O)Nc1ccccc1C(N)=S. The van der Waals surface area contributed by atoms with Gasteiger partial charge in [-0.25, -0.2) is 0 Å². The molecule has 1 aliphatic rings. The molecule has 0 spiro atoms. The smallest absolute Gasteiger partial charge is 0.253 e. The minimum absolute atomic E-state index is 0.00609. The monoisotopic (exact) mass is 280 g/mol. The Balaban J connectivity index is 1.99. The van der Waals surface area contributed by atoms with Crippen molar-refractivity contribution in [2.24, 2.45) is 5.73 Å². The van der Waals surface area contributed by atoms with Crippen molar-refractivity contribution in [3.63, 3.8) is 0 Å². The Morgan fingerprint density at radius 2 is 2.21 bits per heavy atom. The van der Waals surface area contributed by atoms with Crippen LogP contribution in [-0.4, -0.2) is 36.3 Å². The van der Waals surface area contributed by atoms with Crippen molar-refractivity contribution in [1.29, 1.82) is 0 Å². The summed E-state index contributed by atoms with van der Waals surface area (Å²) >= 11 is 4.94. The summed E-state index contributed by atoms with van der Waals surface area (Å²) in [5, 5.41) is 2.77. The largest absolute Gasteiger partial charge is 0.389 e. The van der Waals surface area contributed by atoms with Crippen LogP contribution in [0, 0.1) is 0 Å². The fraction of sp³-hybridized carbons (Fsp3) is 0.385. The van der Waals surface area contributed by atoms with Crippen LogP contribution in [0.2, 0.25) is 0 Å². The lowest BCUT2D eigenvalue weighted by molar-refractivity contribution is -0.161. The number of benzene rings is 1. The molecule has 1 unspecified atom stereocenters. The zero-order valence-electron chi connectivity index (χ0n) is 10.6. The first kappa shape index (κ1) is 13.9. The van der Waals surface area contributed by atoms with E-state index in [1.54, 1.807) is 19.1 Å². The van der Waals surface area contributed by atoms with E-state index in [2.05, 4.69) is 5.32 Å². The van der Waals surface area contributed by atoms with E-state index in [0.29, 0.717) is 24.5 Å². The van der Waals surface area contributed by atoms with Gasteiger partial charge in [0.05, 0.1) is 18.9 Å². The van der Waals surface area contributed by atoms with Crippen molar-refractivity contribution < 1.29 is 14.3 Å². The average molecular weight is 280 g/mol. The predicted octanol–water partition coefficient (Wildman–Crippen LogP) is 1.06. The van der Waals surface area contributed by atoms with Crippen molar-refractivity contribution in [2.75, 3.05) is 18.5 Å². The molecule has 0 bridgehead atoms. The number of rotatable bonds is 5. The van der Waals surface area contributed by atoms with Gasteiger partial charge in [0.2, 0.25) is 0 Å². The Morgan fingerprint density at radius 1 is 1.53 bits per heavy atom. The molecule has 3 N–H and O–H groups in total. The van der Waals surface area contributed by atoms with Crippen molar-refractivity contribution in [3.8, 4) is 0 Å². The van der Waals surface area contributed by atoms with Gasteiger partial charge in [0.1, 0.15) is 17.2 Å². The quantitative estimate of drug-likeness (QED) is 0.789. The Hall–Kier alpha value is -1.50. The molecule has 1 amide bonds. The predicted molar refractivity (Wildman–Crippen MR) is 76.1 cm³/mol. The summed E-state index contributed by atoms with van der Waals surface area (Å²) in [6.07, 6.45) is -0.542. The molecule has 19 heavy (non-hydrogen) atoms. The van der Waals surface area contributed by atoms with Crippen LogP contribution in [0.3, 0.4) is 0 Å². The van der Waals surface area contributed by atoms with Crippen LogP contribution in [0.15, 0.2) is 24.3 Å². The maximum absolute atomic E-state index is 12.0. The lowest BCUT2D eigenvalue weighted by Gasteiger charge is -2.28. The summed E-state index contributed by atoms with van der Waals surface area (Å²) in [6.45, 7) is 2.79. The highest BCUT2D eigenvalue weighted by Crippen LogP contribution is 2.16. The van der Waals surface area contributed by atoms with E-state index in [0.717, 1.165) is 0 Å². The number of carbonyl (C=O) groups excluding carboxylic acids is 1. The van der Waals surface area contributed by atoms with Crippen molar-refractivity contribution in [1.82, 2.24) is 0 Å². The van der Waals surface area contributed by atoms with Crippen molar-refractivity contribution in [3.05, 3.63) is 29.8 Å². The minimum atomic E-state index is -0.548. The van der Waals surface area contributed by atoms with Gasteiger partial charge in [-0.3, -0.25) is 4.79 Å². The van der Waals surface area contributed by atoms with Gasteiger partial charge in [0.25, 0.3) is 5.91 Å². The summed E-state index contributed by atoms with van der Waals surface area (Å²) in [5.41, 5.74) is 6.85. The fourth-order valence-corrected chi connectivity index (χ4v) is 1.86. The summed E-state index contributed by atoms with van der Waals surface area (Å²) < 4.78 is 10.5. The molecule has 102 valence electrons. The second-order valence-corrected chi connectivity index (χ2v) is 4.78. The topological polar surface area (TPSA) is 73.6 Å². The van der Waals surface area contributed by atoms with Gasteiger partial charge in [-0.15, -0.1) is 0 Å². The molecule has 1 saturated heterocycles. The molecule has 0 radical (unpaired) electrons. The number of thiocarbonyl (C=S) groups is 1. The Morgan fingerprint density at radius 3 is 2.79 bits per heavy atom. The molecule has 1 atom stereocenters. The van der Waals surface area contributed by atoms with Crippen LogP contribution < -0.4 is 11.1 Å². The van der Waals surface area contributed by atoms with Crippen LogP contribution in [0.4, 0.5) is 5.69 Å². The third-order valence-electron chi connectivity index (χ3n) is 2.82. The van der Waals surface area contributed by atoms with Gasteiger partial charge >= 0.3 is 0 Å². The molecule has 1 aromatic carbocycles. The number of ether oxygens (including phenoxy) is 2. The van der Waals surface area contributed by atoms with Crippen LogP contribution in [0.5, 0.6) is 0 Å². The van der Waals surface area contributed by atoms with Gasteiger partial charge in [0, 0.05) is 5.56 Å². The highest BCUT2D eigenvalue weighted by Gasteiger charge is 2.25. The normalized spacial score (nSPS) is 16.5. The Bertz CT molecular complexity index is 489. The van der Waals surface area contributed by atoms with Crippen LogP contribution in [0.1, 0.15) is 12.5 Å². The average Bonchev–Trinajstić information content (AvgIpc) is 2.33. The van der Waals surface area contributed by atoms with Crippen molar-refractivity contribution >= 4 is 28.8 Å². The number of nitrogens with two attached hydrogens (primary N) is 1. The Labute approximate surface area is 117 Å². The van der Waals surface area contributed by atoms with E-state index in [-0.39, 0.29) is 17.0 Å². The number of amides is 1. The fourth-order valence-electron chi connectivity index (χ4n) is 1.68. The molecule has 5 nitrogen and oxygen atoms in total. The summed E-state index contributed by atoms with van der Waals surface area (Å²) in [4.78, 5) is 12.2. The number of anilines is 1. The van der Waals surface area contributed by atoms with Gasteiger partial charge in [0.15, 0.2) is 0 Å². The molecule has 0 saturated carbocycles. The van der Waals surface area contributed by atoms with E-state index in [1.165, 1.54) is 0 Å². The van der Waals surface area contributed by atoms with Gasteiger partial charge in [-0.2, -0.15) is 0 Å². The zero-order valence-corrected chi connectivity index (χ0v) is 11.4. The van der Waals surface area contributed by atoms with E-state index in [4.69, 9.17) is 27.4 Å². The van der Waals surface area contributed by atoms with E-state index >= 15 is 0 Å². The van der Waals surface area contributed by atoms with Crippen LogP contribution in [0.25, 0.3) is 0 Å². The minimum Gasteiger partial charge on any atom is -0.389 e. The second kappa shape index (κ2) is 6.10. The van der Waals surface area contributed by atoms with E-state index in [9.17, 15) is 4.79 Å². The van der Waals surface area contributed by atoms with E-state index in [1.807, 2.05) is 12.1 Å². The molecular weight excluding hydrogens is 264 g/mol. The lowest BCUT2D eigenvalue weighted by Crippen LogP contribution is -2.42. The molecule has 1 aromatic rings. The molecule has 1 fully saturated rings. The maximum Gasteiger partial charge on any atom is 0.253 e. The van der Waals surface area contributed by atoms with Gasteiger partial charge < -0.3 is 20.5 Å². The molecule has 0 aliphatic carbocycles. The van der Waals surface area contributed by atoms with Crippen LogP contribution >= 0.6 is 12.2 Å². The standard InChI is InChI=1S/C13H16N2O3S/c1-8(18-9-6-17-7-9)13(16)15-11-5-3-2-4-10(11)12(14)19/h2-5,8-9H,6-7H2,1H3,(H2,14,19)(H,15,16). The number of carbonyl (C=O) groups is 1. The molecule has 1 aliphatic heterocycles. The molecule has 0 aromatic heterocycles. The van der Waals surface area contributed by atoms with Gasteiger partial charge in [-0.1, -0.05) is 24.4 Å². The Kier molecular flexibility index (Phi) is 4.47. The summed E-state index contributed by atoms with van der Waals surface area (Å²) in [5.74, 6) is -0.226. The first-order valence-corrected chi connectivity index (χ1v) is 6.41. The third kappa shape index (κ3) is 3.50. The number of para-hydroxylation sites is 1. The maximum atomic E-state index is 12.0. The van der Waals surface area contributed by atoms with E-state index < -0.39 is 6.10 Å².